The smallest absolute Gasteiger partial charge is 0.107 e. The lowest BCUT2D eigenvalue weighted by molar-refractivity contribution is -0.0611. The summed E-state index contributed by atoms with van der Waals surface area (Å²) < 4.78 is 14.2. The number of aliphatic hydroxyl groups excluding tert-OH is 2. The van der Waals surface area contributed by atoms with E-state index in [0.29, 0.717) is 25.4 Å². The minimum atomic E-state index is -0.990. The zero-order chi connectivity index (χ0) is 12.3. The maximum absolute atomic E-state index is 14.2. The molecule has 0 amide bonds. The third kappa shape index (κ3) is 3.39. The lowest BCUT2D eigenvalue weighted by atomic mass is 9.80. The van der Waals surface area contributed by atoms with Gasteiger partial charge < -0.3 is 15.5 Å². The van der Waals surface area contributed by atoms with Crippen molar-refractivity contribution in [1.29, 1.82) is 0 Å². The molecule has 2 rings (SSSR count). The number of β-amino-alcohol motifs (C(OH)–C–C–N with tert-alkyl or cyclic N) is 1. The Hall–Kier alpha value is -0.190. The topological polar surface area (TPSA) is 52.5 Å². The van der Waals surface area contributed by atoms with E-state index in [0.717, 1.165) is 12.8 Å². The van der Waals surface area contributed by atoms with Crippen molar-refractivity contribution in [2.45, 2.75) is 56.9 Å². The van der Waals surface area contributed by atoms with E-state index >= 15 is 0 Å². The predicted octanol–water partition coefficient (Wildman–Crippen LogP) is 1.24. The number of nitrogens with one attached hydrogen (secondary N) is 1. The zero-order valence-electron chi connectivity index (χ0n) is 10.3. The molecule has 4 atom stereocenters. The van der Waals surface area contributed by atoms with Gasteiger partial charge in [-0.3, -0.25) is 0 Å². The van der Waals surface area contributed by atoms with Crippen LogP contribution in [0.15, 0.2) is 0 Å². The van der Waals surface area contributed by atoms with Crippen LogP contribution in [0.25, 0.3) is 0 Å². The van der Waals surface area contributed by atoms with Crippen molar-refractivity contribution in [3.63, 3.8) is 0 Å². The van der Waals surface area contributed by atoms with Crippen LogP contribution in [0.4, 0.5) is 4.39 Å². The molecule has 100 valence electrons. The van der Waals surface area contributed by atoms with Crippen molar-refractivity contribution >= 4 is 0 Å². The second-order valence-corrected chi connectivity index (χ2v) is 5.64. The van der Waals surface area contributed by atoms with Crippen LogP contribution < -0.4 is 5.32 Å². The maximum Gasteiger partial charge on any atom is 0.107 e. The first-order valence-corrected chi connectivity index (χ1v) is 6.89. The van der Waals surface area contributed by atoms with Crippen molar-refractivity contribution in [3.05, 3.63) is 0 Å². The highest BCUT2D eigenvalue weighted by Gasteiger charge is 2.37. The summed E-state index contributed by atoms with van der Waals surface area (Å²) in [6.07, 6.45) is 3.79. The molecule has 0 radical (unpaired) electrons. The van der Waals surface area contributed by atoms with Gasteiger partial charge in [-0.25, -0.2) is 4.39 Å². The summed E-state index contributed by atoms with van der Waals surface area (Å²) in [7, 11) is 0. The molecular weight excluding hydrogens is 221 g/mol. The molecule has 17 heavy (non-hydrogen) atoms. The number of halogens is 1. The van der Waals surface area contributed by atoms with Gasteiger partial charge in [-0.2, -0.15) is 0 Å². The van der Waals surface area contributed by atoms with Gasteiger partial charge in [0.05, 0.1) is 12.2 Å². The Labute approximate surface area is 102 Å². The van der Waals surface area contributed by atoms with E-state index in [1.54, 1.807) is 0 Å². The summed E-state index contributed by atoms with van der Waals surface area (Å²) >= 11 is 0. The highest BCUT2D eigenvalue weighted by atomic mass is 19.1. The summed E-state index contributed by atoms with van der Waals surface area (Å²) in [5.41, 5.74) is 0. The van der Waals surface area contributed by atoms with Crippen LogP contribution in [-0.4, -0.2) is 41.7 Å². The van der Waals surface area contributed by atoms with Crippen molar-refractivity contribution in [3.8, 4) is 0 Å². The van der Waals surface area contributed by atoms with E-state index in [9.17, 15) is 14.6 Å². The molecule has 0 aromatic carbocycles. The molecule has 3 nitrogen and oxygen atoms in total. The lowest BCUT2D eigenvalue weighted by Gasteiger charge is -2.36. The monoisotopic (exact) mass is 245 g/mol. The molecule has 0 spiro atoms. The summed E-state index contributed by atoms with van der Waals surface area (Å²) in [5, 5.41) is 22.3. The quantitative estimate of drug-likeness (QED) is 0.701. The number of hydrogen-bond donors (Lipinski definition) is 3. The number of hydrogen-bond acceptors (Lipinski definition) is 3. The Kier molecular flexibility index (Phi) is 4.77. The molecule has 1 saturated heterocycles. The van der Waals surface area contributed by atoms with E-state index in [4.69, 9.17) is 0 Å². The third-order valence-corrected chi connectivity index (χ3v) is 4.31. The predicted molar refractivity (Wildman–Crippen MR) is 64.5 cm³/mol. The first kappa shape index (κ1) is 13.2. The van der Waals surface area contributed by atoms with Gasteiger partial charge in [0, 0.05) is 19.0 Å². The fourth-order valence-corrected chi connectivity index (χ4v) is 3.18. The molecule has 1 aliphatic carbocycles. The Morgan fingerprint density at radius 2 is 1.82 bits per heavy atom. The molecular formula is C13H24FNO2. The normalized spacial score (nSPS) is 37.9. The minimum absolute atomic E-state index is 0.369. The summed E-state index contributed by atoms with van der Waals surface area (Å²) in [6, 6.07) is 0. The number of aliphatic hydroxyl groups is 2. The van der Waals surface area contributed by atoms with Gasteiger partial charge >= 0.3 is 0 Å². The standard InChI is InChI=1S/C13H24FNO2/c14-11(6-9-4-2-1-3-5-9)10-7-15-8-12(16)13(10)17/h9-13,15-17H,1-8H2/t10-,11?,12-,13-/m1/s1. The van der Waals surface area contributed by atoms with Crippen molar-refractivity contribution in [1.82, 2.24) is 5.32 Å². The summed E-state index contributed by atoms with van der Waals surface area (Å²) in [5.74, 6) is 0.0331. The number of rotatable bonds is 3. The van der Waals surface area contributed by atoms with Gasteiger partial charge in [0.1, 0.15) is 6.17 Å². The molecule has 1 saturated carbocycles. The van der Waals surface area contributed by atoms with Gasteiger partial charge in [0.15, 0.2) is 0 Å². The van der Waals surface area contributed by atoms with Crippen molar-refractivity contribution in [2.24, 2.45) is 11.8 Å². The molecule has 1 aliphatic heterocycles. The van der Waals surface area contributed by atoms with Gasteiger partial charge in [0.2, 0.25) is 0 Å². The van der Waals surface area contributed by atoms with Crippen LogP contribution in [-0.2, 0) is 0 Å². The molecule has 2 fully saturated rings. The first-order chi connectivity index (χ1) is 8.18. The largest absolute Gasteiger partial charge is 0.390 e. The van der Waals surface area contributed by atoms with Crippen molar-refractivity contribution in [2.75, 3.05) is 13.1 Å². The molecule has 1 unspecified atom stereocenters. The zero-order valence-corrected chi connectivity index (χ0v) is 10.3. The van der Waals surface area contributed by atoms with Crippen LogP contribution in [0.1, 0.15) is 38.5 Å². The Morgan fingerprint density at radius 3 is 2.53 bits per heavy atom. The second kappa shape index (κ2) is 6.12. The minimum Gasteiger partial charge on any atom is -0.390 e. The fraction of sp³-hybridized carbons (Fsp3) is 1.00. The average Bonchev–Trinajstić information content (AvgIpc) is 2.34. The van der Waals surface area contributed by atoms with Gasteiger partial charge in [-0.05, 0) is 12.3 Å². The van der Waals surface area contributed by atoms with Crippen molar-refractivity contribution < 1.29 is 14.6 Å². The molecule has 0 aromatic rings. The van der Waals surface area contributed by atoms with Crippen LogP contribution in [0.2, 0.25) is 0 Å². The summed E-state index contributed by atoms with van der Waals surface area (Å²) in [4.78, 5) is 0. The number of alkyl halides is 1. The molecule has 1 heterocycles. The maximum atomic E-state index is 14.2. The van der Waals surface area contributed by atoms with E-state index in [-0.39, 0.29) is 0 Å². The first-order valence-electron chi connectivity index (χ1n) is 6.89. The number of piperidine rings is 1. The van der Waals surface area contributed by atoms with Crippen LogP contribution in [0.3, 0.4) is 0 Å². The SMILES string of the molecule is O[C@H]1[C@H](O)CNC[C@@H]1C(F)CC1CCCCC1. The van der Waals surface area contributed by atoms with Crippen LogP contribution >= 0.6 is 0 Å². The highest BCUT2D eigenvalue weighted by molar-refractivity contribution is 4.89. The van der Waals surface area contributed by atoms with E-state index in [1.807, 2.05) is 0 Å². The molecule has 2 aliphatic rings. The Morgan fingerprint density at radius 1 is 1.12 bits per heavy atom. The lowest BCUT2D eigenvalue weighted by Crippen LogP contribution is -2.53. The Bertz CT molecular complexity index is 233. The average molecular weight is 245 g/mol. The molecule has 0 bridgehead atoms. The van der Waals surface area contributed by atoms with E-state index in [1.165, 1.54) is 19.3 Å². The van der Waals surface area contributed by atoms with E-state index in [2.05, 4.69) is 5.32 Å². The molecule has 0 aromatic heterocycles. The molecule has 4 heteroatoms. The van der Waals surface area contributed by atoms with Crippen LogP contribution in [0, 0.1) is 11.8 Å². The highest BCUT2D eigenvalue weighted by Crippen LogP contribution is 2.31. The van der Waals surface area contributed by atoms with Gasteiger partial charge in [0.25, 0.3) is 0 Å². The summed E-state index contributed by atoms with van der Waals surface area (Å²) in [6.45, 7) is 0.847. The Balaban J connectivity index is 1.83. The van der Waals surface area contributed by atoms with Gasteiger partial charge in [-0.1, -0.05) is 32.1 Å². The second-order valence-electron chi connectivity index (χ2n) is 5.64. The molecule has 3 N–H and O–H groups in total. The third-order valence-electron chi connectivity index (χ3n) is 4.31. The van der Waals surface area contributed by atoms with Crippen LogP contribution in [0.5, 0.6) is 0 Å². The van der Waals surface area contributed by atoms with Gasteiger partial charge in [-0.15, -0.1) is 0 Å². The van der Waals surface area contributed by atoms with E-state index < -0.39 is 24.3 Å². The fourth-order valence-electron chi connectivity index (χ4n) is 3.18.